The molecule has 0 bridgehead atoms. The zero-order chi connectivity index (χ0) is 12.2. The summed E-state index contributed by atoms with van der Waals surface area (Å²) in [5.41, 5.74) is 2.31. The number of methoxy groups -OCH3 is 1. The summed E-state index contributed by atoms with van der Waals surface area (Å²) in [4.78, 5) is 0. The standard InChI is InChI=1S/C13H21NO2/c1-10-5-6-12(16-4)11(7-10)13(2,3)8-14-9-15/h5-7,14-15H,8-9H2,1-4H3. The van der Waals surface area contributed by atoms with Crippen molar-refractivity contribution in [1.29, 1.82) is 0 Å². The Morgan fingerprint density at radius 3 is 2.62 bits per heavy atom. The van der Waals surface area contributed by atoms with E-state index in [4.69, 9.17) is 9.84 Å². The van der Waals surface area contributed by atoms with E-state index in [-0.39, 0.29) is 12.1 Å². The van der Waals surface area contributed by atoms with E-state index in [2.05, 4.69) is 32.2 Å². The van der Waals surface area contributed by atoms with Gasteiger partial charge in [-0.15, -0.1) is 0 Å². The van der Waals surface area contributed by atoms with Crippen LogP contribution >= 0.6 is 0 Å². The highest BCUT2D eigenvalue weighted by Crippen LogP contribution is 2.31. The van der Waals surface area contributed by atoms with E-state index in [0.29, 0.717) is 6.54 Å². The van der Waals surface area contributed by atoms with Crippen LogP contribution in [0, 0.1) is 6.92 Å². The topological polar surface area (TPSA) is 41.5 Å². The molecule has 0 heterocycles. The molecule has 1 aromatic carbocycles. The smallest absolute Gasteiger partial charge is 0.122 e. The van der Waals surface area contributed by atoms with Crippen molar-refractivity contribution in [3.63, 3.8) is 0 Å². The van der Waals surface area contributed by atoms with Gasteiger partial charge in [0.2, 0.25) is 0 Å². The molecule has 0 spiro atoms. The fourth-order valence-electron chi connectivity index (χ4n) is 1.81. The molecule has 0 aliphatic carbocycles. The second kappa shape index (κ2) is 5.32. The number of benzene rings is 1. The van der Waals surface area contributed by atoms with Gasteiger partial charge in [0, 0.05) is 17.5 Å². The quantitative estimate of drug-likeness (QED) is 0.748. The Morgan fingerprint density at radius 1 is 1.38 bits per heavy atom. The molecule has 0 aliphatic rings. The van der Waals surface area contributed by atoms with Gasteiger partial charge < -0.3 is 9.84 Å². The zero-order valence-electron chi connectivity index (χ0n) is 10.5. The van der Waals surface area contributed by atoms with Crippen LogP contribution in [0.4, 0.5) is 0 Å². The minimum Gasteiger partial charge on any atom is -0.496 e. The number of aryl methyl sites for hydroxylation is 1. The van der Waals surface area contributed by atoms with Crippen LogP contribution in [0.25, 0.3) is 0 Å². The molecule has 3 heteroatoms. The van der Waals surface area contributed by atoms with Gasteiger partial charge in [0.1, 0.15) is 5.75 Å². The van der Waals surface area contributed by atoms with Gasteiger partial charge in [-0.2, -0.15) is 0 Å². The lowest BCUT2D eigenvalue weighted by atomic mass is 9.83. The van der Waals surface area contributed by atoms with E-state index < -0.39 is 0 Å². The number of ether oxygens (including phenoxy) is 1. The van der Waals surface area contributed by atoms with Gasteiger partial charge in [-0.1, -0.05) is 31.5 Å². The monoisotopic (exact) mass is 223 g/mol. The van der Waals surface area contributed by atoms with Crippen molar-refractivity contribution in [2.75, 3.05) is 20.4 Å². The predicted octanol–water partition coefficient (Wildman–Crippen LogP) is 1.82. The molecule has 0 unspecified atom stereocenters. The van der Waals surface area contributed by atoms with Crippen LogP contribution in [-0.4, -0.2) is 25.5 Å². The lowest BCUT2D eigenvalue weighted by Crippen LogP contribution is -2.33. The molecule has 3 nitrogen and oxygen atoms in total. The van der Waals surface area contributed by atoms with Crippen LogP contribution in [-0.2, 0) is 5.41 Å². The zero-order valence-corrected chi connectivity index (χ0v) is 10.5. The number of aliphatic hydroxyl groups excluding tert-OH is 1. The summed E-state index contributed by atoms with van der Waals surface area (Å²) in [6.45, 7) is 7.04. The lowest BCUT2D eigenvalue weighted by Gasteiger charge is -2.27. The first-order valence-corrected chi connectivity index (χ1v) is 5.48. The Bertz CT molecular complexity index is 348. The number of hydrogen-bond donors (Lipinski definition) is 2. The molecule has 2 N–H and O–H groups in total. The van der Waals surface area contributed by atoms with Crippen LogP contribution in [0.5, 0.6) is 5.75 Å². The van der Waals surface area contributed by atoms with Crippen molar-refractivity contribution >= 4 is 0 Å². The average Bonchev–Trinajstić information content (AvgIpc) is 2.26. The molecule has 0 radical (unpaired) electrons. The molecular weight excluding hydrogens is 202 g/mol. The minimum absolute atomic E-state index is 0.00242. The van der Waals surface area contributed by atoms with Gasteiger partial charge in [-0.25, -0.2) is 0 Å². The van der Waals surface area contributed by atoms with Crippen LogP contribution < -0.4 is 10.1 Å². The number of nitrogens with one attached hydrogen (secondary N) is 1. The first kappa shape index (κ1) is 13.0. The second-order valence-corrected chi connectivity index (χ2v) is 4.67. The van der Waals surface area contributed by atoms with Gasteiger partial charge in [-0.3, -0.25) is 5.32 Å². The van der Waals surface area contributed by atoms with Crippen LogP contribution in [0.2, 0.25) is 0 Å². The van der Waals surface area contributed by atoms with E-state index in [1.165, 1.54) is 5.56 Å². The Hall–Kier alpha value is -1.06. The highest BCUT2D eigenvalue weighted by molar-refractivity contribution is 5.41. The Kier molecular flexibility index (Phi) is 4.33. The van der Waals surface area contributed by atoms with Crippen molar-refractivity contribution in [2.45, 2.75) is 26.2 Å². The maximum Gasteiger partial charge on any atom is 0.122 e. The van der Waals surface area contributed by atoms with Crippen LogP contribution in [0.15, 0.2) is 18.2 Å². The summed E-state index contributed by atoms with van der Waals surface area (Å²) in [5, 5.41) is 11.8. The van der Waals surface area contributed by atoms with Crippen molar-refractivity contribution < 1.29 is 9.84 Å². The third-order valence-electron chi connectivity index (χ3n) is 2.76. The molecule has 0 amide bonds. The van der Waals surface area contributed by atoms with Gasteiger partial charge in [0.15, 0.2) is 0 Å². The second-order valence-electron chi connectivity index (χ2n) is 4.67. The largest absolute Gasteiger partial charge is 0.496 e. The Labute approximate surface area is 97.4 Å². The molecule has 1 rings (SSSR count). The summed E-state index contributed by atoms with van der Waals surface area (Å²) < 4.78 is 5.38. The predicted molar refractivity (Wildman–Crippen MR) is 65.8 cm³/mol. The van der Waals surface area contributed by atoms with Gasteiger partial charge in [0.25, 0.3) is 0 Å². The minimum atomic E-state index is -0.0694. The average molecular weight is 223 g/mol. The van der Waals surface area contributed by atoms with Gasteiger partial charge in [0.05, 0.1) is 13.8 Å². The van der Waals surface area contributed by atoms with E-state index in [1.54, 1.807) is 7.11 Å². The lowest BCUT2D eigenvalue weighted by molar-refractivity contribution is 0.246. The van der Waals surface area contributed by atoms with Crippen molar-refractivity contribution in [2.24, 2.45) is 0 Å². The third kappa shape index (κ3) is 2.97. The van der Waals surface area contributed by atoms with E-state index >= 15 is 0 Å². The molecule has 1 aromatic rings. The molecule has 90 valence electrons. The van der Waals surface area contributed by atoms with E-state index in [1.807, 2.05) is 12.1 Å². The Morgan fingerprint density at radius 2 is 2.06 bits per heavy atom. The van der Waals surface area contributed by atoms with E-state index in [9.17, 15) is 0 Å². The normalized spacial score (nSPS) is 11.6. The Balaban J connectivity index is 3.04. The van der Waals surface area contributed by atoms with E-state index in [0.717, 1.165) is 11.3 Å². The summed E-state index contributed by atoms with van der Waals surface area (Å²) in [5.74, 6) is 0.898. The fourth-order valence-corrected chi connectivity index (χ4v) is 1.81. The van der Waals surface area contributed by atoms with Crippen molar-refractivity contribution in [3.05, 3.63) is 29.3 Å². The molecule has 0 fully saturated rings. The van der Waals surface area contributed by atoms with Gasteiger partial charge in [-0.05, 0) is 13.0 Å². The highest BCUT2D eigenvalue weighted by Gasteiger charge is 2.23. The number of rotatable bonds is 5. The third-order valence-corrected chi connectivity index (χ3v) is 2.76. The SMILES string of the molecule is COc1ccc(C)cc1C(C)(C)CNCO. The van der Waals surface area contributed by atoms with Crippen LogP contribution in [0.1, 0.15) is 25.0 Å². The first-order valence-electron chi connectivity index (χ1n) is 5.48. The summed E-state index contributed by atoms with van der Waals surface area (Å²) >= 11 is 0. The number of aliphatic hydroxyl groups is 1. The fraction of sp³-hybridized carbons (Fsp3) is 0.538. The van der Waals surface area contributed by atoms with Crippen molar-refractivity contribution in [3.8, 4) is 5.75 Å². The molecule has 0 aromatic heterocycles. The first-order chi connectivity index (χ1) is 7.51. The molecule has 16 heavy (non-hydrogen) atoms. The molecule has 0 aliphatic heterocycles. The summed E-state index contributed by atoms with van der Waals surface area (Å²) in [7, 11) is 1.68. The molecule has 0 saturated carbocycles. The molecular formula is C13H21NO2. The maximum absolute atomic E-state index is 8.82. The maximum atomic E-state index is 8.82. The summed E-state index contributed by atoms with van der Waals surface area (Å²) in [6.07, 6.45) is 0. The van der Waals surface area contributed by atoms with Crippen LogP contribution in [0.3, 0.4) is 0 Å². The van der Waals surface area contributed by atoms with Crippen molar-refractivity contribution in [1.82, 2.24) is 5.32 Å². The summed E-state index contributed by atoms with van der Waals surface area (Å²) in [6, 6.07) is 6.17. The molecule has 0 atom stereocenters. The van der Waals surface area contributed by atoms with Gasteiger partial charge >= 0.3 is 0 Å². The molecule has 0 saturated heterocycles. The highest BCUT2D eigenvalue weighted by atomic mass is 16.5. The number of hydrogen-bond acceptors (Lipinski definition) is 3.